The maximum Gasteiger partial charge on any atom is 0.293 e. The fourth-order valence-electron chi connectivity index (χ4n) is 1.58. The molecular weight excluding hydrogens is 216 g/mol. The molecule has 1 aromatic heterocycles. The summed E-state index contributed by atoms with van der Waals surface area (Å²) in [4.78, 5) is 18.0. The van der Waals surface area contributed by atoms with Gasteiger partial charge in [-0.05, 0) is 40.4 Å². The van der Waals surface area contributed by atoms with E-state index in [4.69, 9.17) is 0 Å². The molecule has 0 saturated heterocycles. The molecular formula is C12H22N4O. The maximum atomic E-state index is 11.8. The topological polar surface area (TPSA) is 50.2 Å². The van der Waals surface area contributed by atoms with Crippen LogP contribution in [0.1, 0.15) is 19.8 Å². The summed E-state index contributed by atoms with van der Waals surface area (Å²) in [6.07, 6.45) is 5.53. The van der Waals surface area contributed by atoms with Crippen molar-refractivity contribution < 1.29 is 0 Å². The lowest BCUT2D eigenvalue weighted by Gasteiger charge is -2.10. The van der Waals surface area contributed by atoms with Gasteiger partial charge in [-0.25, -0.2) is 4.98 Å². The first kappa shape index (κ1) is 13.7. The number of unbranched alkanes of at least 4 members (excludes halogenated alkanes) is 1. The van der Waals surface area contributed by atoms with Gasteiger partial charge in [0.15, 0.2) is 5.82 Å². The van der Waals surface area contributed by atoms with Crippen molar-refractivity contribution in [1.29, 1.82) is 0 Å². The van der Waals surface area contributed by atoms with E-state index in [9.17, 15) is 4.79 Å². The maximum absolute atomic E-state index is 11.8. The molecule has 1 heterocycles. The minimum atomic E-state index is -0.0393. The Morgan fingerprint density at radius 1 is 1.41 bits per heavy atom. The Morgan fingerprint density at radius 3 is 2.82 bits per heavy atom. The lowest BCUT2D eigenvalue weighted by molar-refractivity contribution is 0.396. The minimum absolute atomic E-state index is 0.0393. The molecule has 0 aliphatic heterocycles. The summed E-state index contributed by atoms with van der Waals surface area (Å²) in [7, 11) is 4.12. The largest absolute Gasteiger partial charge is 0.365 e. The molecule has 1 rings (SSSR count). The van der Waals surface area contributed by atoms with Gasteiger partial charge in [-0.15, -0.1) is 0 Å². The Balaban J connectivity index is 2.39. The van der Waals surface area contributed by atoms with Crippen molar-refractivity contribution in [3.8, 4) is 0 Å². The molecule has 0 fully saturated rings. The van der Waals surface area contributed by atoms with Crippen molar-refractivity contribution in [2.45, 2.75) is 26.3 Å². The van der Waals surface area contributed by atoms with Crippen molar-refractivity contribution in [1.82, 2.24) is 14.5 Å². The Bertz CT molecular complexity index is 386. The molecule has 1 N–H and O–H groups in total. The predicted octanol–water partition coefficient (Wildman–Crippen LogP) is 1.02. The average molecular weight is 238 g/mol. The van der Waals surface area contributed by atoms with Gasteiger partial charge in [-0.3, -0.25) is 4.79 Å². The fourth-order valence-corrected chi connectivity index (χ4v) is 1.58. The third-order valence-electron chi connectivity index (χ3n) is 2.58. The van der Waals surface area contributed by atoms with Crippen LogP contribution >= 0.6 is 0 Å². The van der Waals surface area contributed by atoms with Gasteiger partial charge < -0.3 is 14.8 Å². The van der Waals surface area contributed by atoms with Gasteiger partial charge in [-0.1, -0.05) is 0 Å². The van der Waals surface area contributed by atoms with E-state index in [1.54, 1.807) is 17.0 Å². The highest BCUT2D eigenvalue weighted by molar-refractivity contribution is 5.30. The van der Waals surface area contributed by atoms with Crippen LogP contribution in [-0.2, 0) is 6.54 Å². The second-order valence-electron chi connectivity index (χ2n) is 4.30. The zero-order valence-corrected chi connectivity index (χ0v) is 10.9. The van der Waals surface area contributed by atoms with E-state index < -0.39 is 0 Å². The molecule has 5 heteroatoms. The monoisotopic (exact) mass is 238 g/mol. The summed E-state index contributed by atoms with van der Waals surface area (Å²) >= 11 is 0. The van der Waals surface area contributed by atoms with Crippen LogP contribution in [-0.4, -0.2) is 41.6 Å². The normalized spacial score (nSPS) is 10.8. The van der Waals surface area contributed by atoms with E-state index in [1.165, 1.54) is 0 Å². The Labute approximate surface area is 102 Å². The van der Waals surface area contributed by atoms with E-state index in [2.05, 4.69) is 29.3 Å². The highest BCUT2D eigenvalue weighted by atomic mass is 16.1. The summed E-state index contributed by atoms with van der Waals surface area (Å²) in [5.41, 5.74) is -0.0393. The summed E-state index contributed by atoms with van der Waals surface area (Å²) in [5.74, 6) is 0.458. The van der Waals surface area contributed by atoms with E-state index in [0.717, 1.165) is 25.9 Å². The van der Waals surface area contributed by atoms with Crippen molar-refractivity contribution in [2.24, 2.45) is 0 Å². The number of rotatable bonds is 7. The van der Waals surface area contributed by atoms with Gasteiger partial charge >= 0.3 is 0 Å². The third kappa shape index (κ3) is 4.56. The van der Waals surface area contributed by atoms with Crippen LogP contribution in [0.25, 0.3) is 0 Å². The van der Waals surface area contributed by atoms with Crippen LogP contribution in [0.2, 0.25) is 0 Å². The van der Waals surface area contributed by atoms with Gasteiger partial charge in [-0.2, -0.15) is 0 Å². The van der Waals surface area contributed by atoms with Crippen LogP contribution in [0.15, 0.2) is 17.2 Å². The Morgan fingerprint density at radius 2 is 2.18 bits per heavy atom. The first-order valence-corrected chi connectivity index (χ1v) is 6.09. The molecule has 0 radical (unpaired) electrons. The number of hydrogen-bond acceptors (Lipinski definition) is 4. The number of aryl methyl sites for hydroxylation is 1. The van der Waals surface area contributed by atoms with Crippen LogP contribution < -0.4 is 10.9 Å². The summed E-state index contributed by atoms with van der Waals surface area (Å²) in [6, 6.07) is 0. The van der Waals surface area contributed by atoms with Gasteiger partial charge in [0.2, 0.25) is 0 Å². The van der Waals surface area contributed by atoms with Crippen LogP contribution in [0, 0.1) is 0 Å². The highest BCUT2D eigenvalue weighted by Gasteiger charge is 2.02. The molecule has 0 amide bonds. The van der Waals surface area contributed by atoms with Crippen LogP contribution in [0.4, 0.5) is 5.82 Å². The molecule has 5 nitrogen and oxygen atoms in total. The highest BCUT2D eigenvalue weighted by Crippen LogP contribution is 1.96. The molecule has 0 aliphatic rings. The number of nitrogens with one attached hydrogen (secondary N) is 1. The zero-order chi connectivity index (χ0) is 12.7. The van der Waals surface area contributed by atoms with Gasteiger partial charge in [0.05, 0.1) is 0 Å². The zero-order valence-electron chi connectivity index (χ0n) is 10.9. The van der Waals surface area contributed by atoms with E-state index in [-0.39, 0.29) is 5.56 Å². The first-order chi connectivity index (χ1) is 8.15. The first-order valence-electron chi connectivity index (χ1n) is 6.09. The molecule has 0 aliphatic carbocycles. The SMILES string of the molecule is CCn1ccnc(NCCCCN(C)C)c1=O. The standard InChI is InChI=1S/C12H22N4O/c1-4-16-10-8-14-11(12(16)17)13-7-5-6-9-15(2)3/h8,10H,4-7,9H2,1-3H3,(H,13,14). The van der Waals surface area contributed by atoms with Crippen molar-refractivity contribution >= 4 is 5.82 Å². The summed E-state index contributed by atoms with van der Waals surface area (Å²) in [5, 5.41) is 3.10. The molecule has 96 valence electrons. The number of nitrogens with zero attached hydrogens (tertiary/aromatic N) is 3. The van der Waals surface area contributed by atoms with Crippen LogP contribution in [0.3, 0.4) is 0 Å². The van der Waals surface area contributed by atoms with Crippen molar-refractivity contribution in [3.63, 3.8) is 0 Å². The molecule has 0 unspecified atom stereocenters. The fraction of sp³-hybridized carbons (Fsp3) is 0.667. The lowest BCUT2D eigenvalue weighted by atomic mass is 10.3. The number of anilines is 1. The van der Waals surface area contributed by atoms with Gasteiger partial charge in [0, 0.05) is 25.5 Å². The quantitative estimate of drug-likeness (QED) is 0.720. The van der Waals surface area contributed by atoms with E-state index >= 15 is 0 Å². The Hall–Kier alpha value is -1.36. The molecule has 0 spiro atoms. The number of aromatic nitrogens is 2. The molecule has 0 aromatic carbocycles. The van der Waals surface area contributed by atoms with Crippen molar-refractivity contribution in [2.75, 3.05) is 32.5 Å². The van der Waals surface area contributed by atoms with Gasteiger partial charge in [0.25, 0.3) is 5.56 Å². The summed E-state index contributed by atoms with van der Waals surface area (Å²) < 4.78 is 1.65. The van der Waals surface area contributed by atoms with Crippen molar-refractivity contribution in [3.05, 3.63) is 22.7 Å². The molecule has 0 atom stereocenters. The second-order valence-corrected chi connectivity index (χ2v) is 4.30. The molecule has 0 bridgehead atoms. The molecule has 1 aromatic rings. The van der Waals surface area contributed by atoms with E-state index in [1.807, 2.05) is 6.92 Å². The predicted molar refractivity (Wildman–Crippen MR) is 70.4 cm³/mol. The molecule has 17 heavy (non-hydrogen) atoms. The van der Waals surface area contributed by atoms with E-state index in [0.29, 0.717) is 12.4 Å². The minimum Gasteiger partial charge on any atom is -0.365 e. The summed E-state index contributed by atoms with van der Waals surface area (Å²) in [6.45, 7) is 4.49. The number of hydrogen-bond donors (Lipinski definition) is 1. The molecule has 0 saturated carbocycles. The van der Waals surface area contributed by atoms with Crippen LogP contribution in [0.5, 0.6) is 0 Å². The second kappa shape index (κ2) is 7.06. The lowest BCUT2D eigenvalue weighted by Crippen LogP contribution is -2.24. The smallest absolute Gasteiger partial charge is 0.293 e. The average Bonchev–Trinajstić information content (AvgIpc) is 2.30. The van der Waals surface area contributed by atoms with Gasteiger partial charge in [0.1, 0.15) is 0 Å². The Kier molecular flexibility index (Phi) is 5.69. The third-order valence-corrected chi connectivity index (χ3v) is 2.58.